The molecule has 3 aromatic rings. The summed E-state index contributed by atoms with van der Waals surface area (Å²) in [5, 5.41) is 0.846. The van der Waals surface area contributed by atoms with Crippen LogP contribution in [-0.2, 0) is 10.1 Å². The monoisotopic (exact) mass is 560 g/mol. The first-order chi connectivity index (χ1) is 13.5. The van der Waals surface area contributed by atoms with Gasteiger partial charge in [0.15, 0.2) is 28.2 Å². The molecule has 0 radical (unpaired) electrons. The molecule has 152 valence electrons. The number of hydrogen-bond acceptors (Lipinski definition) is 2. The van der Waals surface area contributed by atoms with Gasteiger partial charge < -0.3 is 0 Å². The van der Waals surface area contributed by atoms with Crippen molar-refractivity contribution in [2.75, 3.05) is 0 Å². The van der Waals surface area contributed by atoms with Crippen molar-refractivity contribution in [2.24, 2.45) is 0 Å². The van der Waals surface area contributed by atoms with Gasteiger partial charge in [-0.25, -0.2) is 22.0 Å². The quantitative estimate of drug-likeness (QED) is 0.0989. The van der Waals surface area contributed by atoms with E-state index in [-0.39, 0.29) is 0 Å². The fourth-order valence-corrected chi connectivity index (χ4v) is 4.27. The van der Waals surface area contributed by atoms with Crippen LogP contribution < -0.4 is 0 Å². The molecule has 3 aromatic carbocycles. The molecule has 0 heterocycles. The Labute approximate surface area is 180 Å². The Kier molecular flexibility index (Phi) is 5.91. The van der Waals surface area contributed by atoms with Gasteiger partial charge in [-0.15, -0.1) is 0 Å². The first-order valence-corrected chi connectivity index (χ1v) is 10.4. The molecule has 11 heteroatoms. The highest BCUT2D eigenvalue weighted by Crippen LogP contribution is 2.50. The Hall–Kier alpha value is -1.76. The maximum Gasteiger partial charge on any atom is 0.300 e. The minimum atomic E-state index is -5.52. The maximum atomic E-state index is 12.6. The third-order valence-electron chi connectivity index (χ3n) is 4.01. The molecule has 29 heavy (non-hydrogen) atoms. The normalized spacial score (nSPS) is 11.7. The third-order valence-corrected chi connectivity index (χ3v) is 6.64. The first-order valence-electron chi connectivity index (χ1n) is 7.53. The van der Waals surface area contributed by atoms with E-state index in [1.807, 2.05) is 6.07 Å². The van der Waals surface area contributed by atoms with Gasteiger partial charge in [0.05, 0.1) is 5.02 Å². The molecule has 0 saturated carbocycles. The predicted molar refractivity (Wildman–Crippen MR) is 105 cm³/mol. The first kappa shape index (κ1) is 21.9. The van der Waals surface area contributed by atoms with Gasteiger partial charge in [-0.3, -0.25) is 4.55 Å². The molecular formula is C18H7ClF5IO3S. The second-order valence-corrected chi connectivity index (χ2v) is 8.55. The van der Waals surface area contributed by atoms with Gasteiger partial charge in [0.25, 0.3) is 0 Å². The molecule has 1 aliphatic rings. The second kappa shape index (κ2) is 7.82. The van der Waals surface area contributed by atoms with Crippen LogP contribution in [0.1, 0.15) is 0 Å². The topological polar surface area (TPSA) is 54.4 Å². The molecule has 1 aliphatic carbocycles. The summed E-state index contributed by atoms with van der Waals surface area (Å²) >= 11 is 8.39. The average Bonchev–Trinajstić information content (AvgIpc) is 2.64. The summed E-state index contributed by atoms with van der Waals surface area (Å²) in [6, 6.07) is 12.5. The summed E-state index contributed by atoms with van der Waals surface area (Å²) in [6.07, 6.45) is 0. The molecule has 1 N–H and O–H groups in total. The molecular weight excluding hydrogens is 554 g/mol. The summed E-state index contributed by atoms with van der Waals surface area (Å²) in [6.45, 7) is 0. The highest BCUT2D eigenvalue weighted by molar-refractivity contribution is 14.1. The Balaban J connectivity index is 0.000000166. The molecule has 0 aromatic heterocycles. The van der Waals surface area contributed by atoms with E-state index in [9.17, 15) is 30.4 Å². The Bertz CT molecular complexity index is 1240. The third kappa shape index (κ3) is 3.74. The standard InChI is InChI=1S/C12H6ClI.C6HF5O3S/c13-10-6-5-9-7-3-1-2-4-8(7)11(9)12(10)14;7-1-2(8)4(10)6(15(12,13)14)5(11)3(1)9/h1-6H;(H,12,13,14). The second-order valence-electron chi connectivity index (χ2n) is 5.70. The number of halogens is 7. The van der Waals surface area contributed by atoms with E-state index >= 15 is 0 Å². The number of benzene rings is 3. The molecule has 0 unspecified atom stereocenters. The van der Waals surface area contributed by atoms with E-state index in [1.165, 1.54) is 25.8 Å². The zero-order chi connectivity index (χ0) is 21.7. The molecule has 0 saturated heterocycles. The summed E-state index contributed by atoms with van der Waals surface area (Å²) < 4.78 is 92.5. The maximum absolute atomic E-state index is 12.6. The number of hydrogen-bond donors (Lipinski definition) is 1. The molecule has 3 nitrogen and oxygen atoms in total. The SMILES string of the molecule is Clc1ccc2c(c1I)-c1ccccc1-2.O=S(=O)(O)c1c(F)c(F)c(F)c(F)c1F. The zero-order valence-corrected chi connectivity index (χ0v) is 17.5. The van der Waals surface area contributed by atoms with Crippen molar-refractivity contribution in [2.45, 2.75) is 4.90 Å². The Morgan fingerprint density at radius 2 is 1.24 bits per heavy atom. The summed E-state index contributed by atoms with van der Waals surface area (Å²) in [5.41, 5.74) is 5.31. The van der Waals surface area contributed by atoms with Crippen molar-refractivity contribution >= 4 is 44.3 Å². The molecule has 0 amide bonds. The molecule has 0 bridgehead atoms. The Morgan fingerprint density at radius 3 is 1.76 bits per heavy atom. The lowest BCUT2D eigenvalue weighted by Gasteiger charge is -2.25. The lowest BCUT2D eigenvalue weighted by molar-refractivity contribution is 0.352. The fourth-order valence-electron chi connectivity index (χ4n) is 2.72. The smallest absolute Gasteiger partial charge is 0.282 e. The van der Waals surface area contributed by atoms with Gasteiger partial charge in [0.1, 0.15) is 0 Å². The van der Waals surface area contributed by atoms with Crippen molar-refractivity contribution < 1.29 is 34.9 Å². The summed E-state index contributed by atoms with van der Waals surface area (Å²) in [4.78, 5) is -2.26. The van der Waals surface area contributed by atoms with Gasteiger partial charge in [0, 0.05) is 9.13 Å². The van der Waals surface area contributed by atoms with Crippen LogP contribution >= 0.6 is 34.2 Å². The van der Waals surface area contributed by atoms with Crippen LogP contribution in [0.5, 0.6) is 0 Å². The van der Waals surface area contributed by atoms with Crippen molar-refractivity contribution in [3.8, 4) is 22.3 Å². The van der Waals surface area contributed by atoms with Crippen LogP contribution in [0, 0.1) is 32.7 Å². The van der Waals surface area contributed by atoms with Crippen molar-refractivity contribution in [1.29, 1.82) is 0 Å². The van der Waals surface area contributed by atoms with Crippen LogP contribution in [0.2, 0.25) is 5.02 Å². The molecule has 0 atom stereocenters. The average molecular weight is 561 g/mol. The van der Waals surface area contributed by atoms with E-state index in [0.717, 1.165) is 5.02 Å². The van der Waals surface area contributed by atoms with Crippen molar-refractivity contribution in [3.05, 3.63) is 74.1 Å². The van der Waals surface area contributed by atoms with E-state index in [1.54, 1.807) is 0 Å². The zero-order valence-electron chi connectivity index (χ0n) is 13.8. The van der Waals surface area contributed by atoms with Crippen LogP contribution in [0.4, 0.5) is 22.0 Å². The van der Waals surface area contributed by atoms with Crippen molar-refractivity contribution in [3.63, 3.8) is 0 Å². The molecule has 0 aliphatic heterocycles. The predicted octanol–water partition coefficient (Wildman–Crippen LogP) is 6.22. The van der Waals surface area contributed by atoms with Crippen LogP contribution in [0.3, 0.4) is 0 Å². The van der Waals surface area contributed by atoms with Crippen LogP contribution in [0.25, 0.3) is 22.3 Å². The van der Waals surface area contributed by atoms with Gasteiger partial charge in [-0.2, -0.15) is 8.42 Å². The highest BCUT2D eigenvalue weighted by Gasteiger charge is 2.32. The van der Waals surface area contributed by atoms with Crippen LogP contribution in [0.15, 0.2) is 41.3 Å². The molecule has 0 spiro atoms. The molecule has 0 fully saturated rings. The Morgan fingerprint density at radius 1 is 0.759 bits per heavy atom. The minimum Gasteiger partial charge on any atom is -0.282 e. The minimum absolute atomic E-state index is 0.846. The van der Waals surface area contributed by atoms with E-state index in [4.69, 9.17) is 16.2 Å². The highest BCUT2D eigenvalue weighted by atomic mass is 127. The van der Waals surface area contributed by atoms with Gasteiger partial charge >= 0.3 is 10.1 Å². The number of fused-ring (bicyclic) bond motifs is 4. The van der Waals surface area contributed by atoms with Crippen LogP contribution in [-0.4, -0.2) is 13.0 Å². The summed E-state index contributed by atoms with van der Waals surface area (Å²) in [7, 11) is -5.52. The van der Waals surface area contributed by atoms with Gasteiger partial charge in [0.2, 0.25) is 5.82 Å². The largest absolute Gasteiger partial charge is 0.300 e. The van der Waals surface area contributed by atoms with Crippen molar-refractivity contribution in [1.82, 2.24) is 0 Å². The molecule has 4 rings (SSSR count). The summed E-state index contributed by atoms with van der Waals surface area (Å²) in [5.74, 6) is -12.6. The van der Waals surface area contributed by atoms with Gasteiger partial charge in [-0.05, 0) is 45.3 Å². The van der Waals surface area contributed by atoms with Gasteiger partial charge in [-0.1, -0.05) is 41.9 Å². The van der Waals surface area contributed by atoms with E-state index in [2.05, 4.69) is 52.9 Å². The van der Waals surface area contributed by atoms with E-state index < -0.39 is 44.1 Å². The fraction of sp³-hybridized carbons (Fsp3) is 0. The lowest BCUT2D eigenvalue weighted by Crippen LogP contribution is -2.11. The number of rotatable bonds is 1. The van der Waals surface area contributed by atoms with E-state index in [0.29, 0.717) is 0 Å². The lowest BCUT2D eigenvalue weighted by atomic mass is 9.81.